The highest BCUT2D eigenvalue weighted by molar-refractivity contribution is 5.92. The van der Waals surface area contributed by atoms with Gasteiger partial charge in [-0.15, -0.1) is 0 Å². The van der Waals surface area contributed by atoms with Gasteiger partial charge in [0.15, 0.2) is 5.78 Å². The van der Waals surface area contributed by atoms with Gasteiger partial charge < -0.3 is 15.4 Å². The summed E-state index contributed by atoms with van der Waals surface area (Å²) in [6.45, 7) is -0.222. The van der Waals surface area contributed by atoms with Crippen molar-refractivity contribution < 1.29 is 20.2 Å². The van der Waals surface area contributed by atoms with Crippen LogP contribution < -0.4 is 0 Å². The topological polar surface area (TPSA) is 81.0 Å². The van der Waals surface area contributed by atoms with E-state index >= 15 is 0 Å². The number of hydrogen-bond donors (Lipinski definition) is 3. The third-order valence-corrected chi connectivity index (χ3v) is 3.61. The van der Waals surface area contributed by atoms with E-state index in [2.05, 4.69) is 0 Å². The molecule has 1 aromatic carbocycles. The van der Waals surface area contributed by atoms with E-state index < -0.39 is 24.0 Å². The first-order valence-electron chi connectivity index (χ1n) is 6.44. The first kappa shape index (κ1) is 14.1. The molecule has 1 fully saturated rings. The van der Waals surface area contributed by atoms with Crippen molar-refractivity contribution in [3.05, 3.63) is 35.9 Å². The number of ketones is 1. The Balaban J connectivity index is 2.22. The summed E-state index contributed by atoms with van der Waals surface area (Å²) in [5.74, 6) is -0.515. The number of carbonyl (C=O) groups excluding carboxylic acids is 1. The average molecular weight is 265 g/mol. The third kappa shape index (κ3) is 3.01. The molecule has 0 radical (unpaired) electrons. The number of Topliss-reactive ketones (excluding diaryl/α,β-unsaturated/α-hetero) is 1. The number of rotatable bonds is 3. The number of carbonyl (C=O) groups is 1. The van der Waals surface area contributed by atoms with Crippen LogP contribution in [-0.2, 0) is 11.2 Å². The largest absolute Gasteiger partial charge is 0.394 e. The lowest BCUT2D eigenvalue weighted by atomic mass is 9.84. The van der Waals surface area contributed by atoms with Crippen molar-refractivity contribution in [3.8, 4) is 0 Å². The molecule has 0 amide bonds. The van der Waals surface area contributed by atoms with Crippen LogP contribution in [0.2, 0.25) is 0 Å². The van der Waals surface area contributed by atoms with Gasteiger partial charge in [0.1, 0.15) is 11.6 Å². The highest BCUT2D eigenvalue weighted by Gasteiger charge is 2.44. The number of aliphatic hydroxyl groups excluding tert-OH is 1. The van der Waals surface area contributed by atoms with Crippen LogP contribution in [0.4, 0.5) is 0 Å². The molecule has 1 heterocycles. The summed E-state index contributed by atoms with van der Waals surface area (Å²) in [5.41, 5.74) is -0.659. The number of aliphatic hydroxyl groups is 2. The lowest BCUT2D eigenvalue weighted by Gasteiger charge is -2.29. The maximum Gasteiger partial charge on any atom is 0.186 e. The maximum absolute atomic E-state index is 12.3. The Kier molecular flexibility index (Phi) is 4.31. The van der Waals surface area contributed by atoms with Crippen LogP contribution in [0, 0.1) is 0 Å². The fourth-order valence-electron chi connectivity index (χ4n) is 2.54. The molecule has 0 aromatic heterocycles. The van der Waals surface area contributed by atoms with Gasteiger partial charge in [0.05, 0.1) is 6.61 Å². The number of benzene rings is 1. The summed E-state index contributed by atoms with van der Waals surface area (Å²) >= 11 is 0. The lowest BCUT2D eigenvalue weighted by molar-refractivity contribution is -0.166. The molecular weight excluding hydrogens is 246 g/mol. The molecule has 2 rings (SSSR count). The van der Waals surface area contributed by atoms with Gasteiger partial charge in [-0.05, 0) is 18.4 Å². The highest BCUT2D eigenvalue weighted by Crippen LogP contribution is 2.26. The second kappa shape index (κ2) is 5.79. The normalized spacial score (nSPS) is 29.2. The van der Waals surface area contributed by atoms with Crippen molar-refractivity contribution in [2.75, 3.05) is 13.2 Å². The van der Waals surface area contributed by atoms with E-state index in [-0.39, 0.29) is 19.4 Å². The average Bonchev–Trinajstić information content (AvgIpc) is 2.49. The van der Waals surface area contributed by atoms with Gasteiger partial charge >= 0.3 is 0 Å². The Morgan fingerprint density at radius 3 is 2.63 bits per heavy atom. The first-order chi connectivity index (χ1) is 9.07. The van der Waals surface area contributed by atoms with Gasteiger partial charge in [0.25, 0.3) is 0 Å². The van der Waals surface area contributed by atoms with Crippen LogP contribution in [0.15, 0.2) is 30.3 Å². The molecule has 0 spiro atoms. The Morgan fingerprint density at radius 1 is 1.32 bits per heavy atom. The Hall–Kier alpha value is -1.27. The minimum absolute atomic E-state index is 0.205. The fourth-order valence-corrected chi connectivity index (χ4v) is 2.54. The zero-order chi connectivity index (χ0) is 13.9. The molecule has 1 aliphatic heterocycles. The molecule has 5 heteroatoms. The molecule has 1 aromatic rings. The summed E-state index contributed by atoms with van der Waals surface area (Å²) in [5, 5.41) is 30.3. The van der Waals surface area contributed by atoms with Crippen LogP contribution >= 0.6 is 0 Å². The van der Waals surface area contributed by atoms with Crippen molar-refractivity contribution in [2.24, 2.45) is 0 Å². The van der Waals surface area contributed by atoms with Crippen LogP contribution in [0.5, 0.6) is 0 Å². The Morgan fingerprint density at radius 2 is 2.00 bits per heavy atom. The van der Waals surface area contributed by atoms with Gasteiger partial charge in [-0.3, -0.25) is 4.79 Å². The first-order valence-corrected chi connectivity index (χ1v) is 6.44. The van der Waals surface area contributed by atoms with Gasteiger partial charge in [0.2, 0.25) is 0 Å². The van der Waals surface area contributed by atoms with Crippen molar-refractivity contribution in [3.63, 3.8) is 0 Å². The molecule has 1 aliphatic rings. The van der Waals surface area contributed by atoms with Gasteiger partial charge in [0, 0.05) is 13.0 Å². The number of nitrogens with zero attached hydrogens (tertiary/aromatic N) is 1. The van der Waals surface area contributed by atoms with Gasteiger partial charge in [-0.2, -0.15) is 5.06 Å². The van der Waals surface area contributed by atoms with Crippen LogP contribution in [0.25, 0.3) is 0 Å². The molecule has 0 bridgehead atoms. The third-order valence-electron chi connectivity index (χ3n) is 3.61. The molecule has 0 saturated carbocycles. The molecule has 5 nitrogen and oxygen atoms in total. The van der Waals surface area contributed by atoms with Crippen molar-refractivity contribution >= 4 is 5.78 Å². The monoisotopic (exact) mass is 265 g/mol. The lowest BCUT2D eigenvalue weighted by Crippen LogP contribution is -2.51. The maximum atomic E-state index is 12.3. The summed E-state index contributed by atoms with van der Waals surface area (Å²) in [6.07, 6.45) is 0.993. The fraction of sp³-hybridized carbons (Fsp3) is 0.500. The predicted octanol–water partition coefficient (Wildman–Crippen LogP) is 0.375. The van der Waals surface area contributed by atoms with Crippen LogP contribution in [-0.4, -0.2) is 51.1 Å². The van der Waals surface area contributed by atoms with Crippen LogP contribution in [0.3, 0.4) is 0 Å². The summed E-state index contributed by atoms with van der Waals surface area (Å²) in [4.78, 5) is 12.3. The molecule has 3 N–H and O–H groups in total. The van der Waals surface area contributed by atoms with E-state index in [1.165, 1.54) is 0 Å². The van der Waals surface area contributed by atoms with E-state index in [1.807, 2.05) is 30.3 Å². The molecule has 1 saturated heterocycles. The minimum atomic E-state index is -1.52. The van der Waals surface area contributed by atoms with Crippen LogP contribution in [0.1, 0.15) is 18.4 Å². The summed E-state index contributed by atoms with van der Waals surface area (Å²) in [6, 6.07) is 8.22. The van der Waals surface area contributed by atoms with Crippen molar-refractivity contribution in [2.45, 2.75) is 30.9 Å². The van der Waals surface area contributed by atoms with E-state index in [9.17, 15) is 20.2 Å². The zero-order valence-corrected chi connectivity index (χ0v) is 10.7. The summed E-state index contributed by atoms with van der Waals surface area (Å²) in [7, 11) is 0. The van der Waals surface area contributed by atoms with E-state index in [0.29, 0.717) is 6.42 Å². The quantitative estimate of drug-likeness (QED) is 0.736. The highest BCUT2D eigenvalue weighted by atomic mass is 16.5. The van der Waals surface area contributed by atoms with E-state index in [0.717, 1.165) is 10.6 Å². The number of hydrogen-bond acceptors (Lipinski definition) is 5. The molecule has 2 atom stereocenters. The van der Waals surface area contributed by atoms with E-state index in [1.54, 1.807) is 0 Å². The molecule has 0 aliphatic carbocycles. The predicted molar refractivity (Wildman–Crippen MR) is 68.7 cm³/mol. The van der Waals surface area contributed by atoms with Gasteiger partial charge in [-0.1, -0.05) is 30.3 Å². The van der Waals surface area contributed by atoms with Crippen molar-refractivity contribution in [1.82, 2.24) is 5.06 Å². The molecular formula is C14H19NO4. The van der Waals surface area contributed by atoms with E-state index in [4.69, 9.17) is 0 Å². The standard InChI is InChI=1S/C14H19NO4/c16-10-12-13(17)14(18,7-4-8-15(12)19)9-11-5-2-1-3-6-11/h1-3,5-6,12,16,18-19H,4,7-10H2. The Bertz CT molecular complexity index is 436. The second-order valence-corrected chi connectivity index (χ2v) is 5.02. The molecule has 19 heavy (non-hydrogen) atoms. The Labute approximate surface area is 112 Å². The molecule has 2 unspecified atom stereocenters. The zero-order valence-electron chi connectivity index (χ0n) is 10.7. The molecule has 104 valence electrons. The summed E-state index contributed by atoms with van der Waals surface area (Å²) < 4.78 is 0. The second-order valence-electron chi connectivity index (χ2n) is 5.02. The van der Waals surface area contributed by atoms with Crippen molar-refractivity contribution in [1.29, 1.82) is 0 Å². The minimum Gasteiger partial charge on any atom is -0.394 e. The SMILES string of the molecule is O=C1C(CO)N(O)CCCC1(O)Cc1ccccc1. The smallest absolute Gasteiger partial charge is 0.186 e. The number of hydroxylamine groups is 2. The van der Waals surface area contributed by atoms with Gasteiger partial charge in [-0.25, -0.2) is 0 Å².